The zero-order valence-electron chi connectivity index (χ0n) is 12.4. The van der Waals surface area contributed by atoms with Gasteiger partial charge in [-0.05, 0) is 37.8 Å². The van der Waals surface area contributed by atoms with Crippen LogP contribution in [0.1, 0.15) is 43.9 Å². The van der Waals surface area contributed by atoms with E-state index < -0.39 is 0 Å². The molecule has 2 heteroatoms. The topological polar surface area (TPSA) is 29.3 Å². The number of rotatable bonds is 4. The van der Waals surface area contributed by atoms with Crippen molar-refractivity contribution >= 4 is 0 Å². The van der Waals surface area contributed by atoms with Gasteiger partial charge in [0.25, 0.3) is 0 Å². The van der Waals surface area contributed by atoms with E-state index in [4.69, 9.17) is 5.73 Å². The molecule has 0 aliphatic carbocycles. The number of hydrogen-bond acceptors (Lipinski definition) is 2. The third-order valence-corrected chi connectivity index (χ3v) is 4.25. The Morgan fingerprint density at radius 2 is 2.00 bits per heavy atom. The van der Waals surface area contributed by atoms with Gasteiger partial charge >= 0.3 is 0 Å². The van der Waals surface area contributed by atoms with Crippen molar-refractivity contribution in [1.29, 1.82) is 0 Å². The van der Waals surface area contributed by atoms with Crippen molar-refractivity contribution in [3.63, 3.8) is 0 Å². The fourth-order valence-electron chi connectivity index (χ4n) is 2.88. The van der Waals surface area contributed by atoms with E-state index in [-0.39, 0.29) is 6.04 Å². The van der Waals surface area contributed by atoms with Crippen molar-refractivity contribution in [3.8, 4) is 0 Å². The summed E-state index contributed by atoms with van der Waals surface area (Å²) in [4.78, 5) is 2.53. The van der Waals surface area contributed by atoms with Gasteiger partial charge in [-0.15, -0.1) is 0 Å². The molecule has 1 aromatic carbocycles. The first-order valence-corrected chi connectivity index (χ1v) is 7.34. The highest BCUT2D eigenvalue weighted by molar-refractivity contribution is 5.30. The van der Waals surface area contributed by atoms with Gasteiger partial charge in [0, 0.05) is 19.1 Å². The van der Waals surface area contributed by atoms with Gasteiger partial charge in [-0.1, -0.05) is 42.8 Å². The molecular formula is C17H26N2. The molecule has 2 unspecified atom stereocenters. The maximum absolute atomic E-state index is 6.42. The van der Waals surface area contributed by atoms with Crippen molar-refractivity contribution in [2.24, 2.45) is 5.73 Å². The Labute approximate surface area is 117 Å². The van der Waals surface area contributed by atoms with Crippen LogP contribution in [0, 0.1) is 6.92 Å². The van der Waals surface area contributed by atoms with Crippen LogP contribution in [0.3, 0.4) is 0 Å². The summed E-state index contributed by atoms with van der Waals surface area (Å²) in [5.41, 5.74) is 10.7. The van der Waals surface area contributed by atoms with Crippen molar-refractivity contribution in [2.75, 3.05) is 13.1 Å². The highest BCUT2D eigenvalue weighted by Gasteiger charge is 2.27. The normalized spacial score (nSPS) is 19.9. The van der Waals surface area contributed by atoms with Gasteiger partial charge in [0.1, 0.15) is 0 Å². The Kier molecular flexibility index (Phi) is 4.78. The van der Waals surface area contributed by atoms with E-state index in [1.165, 1.54) is 23.1 Å². The zero-order valence-corrected chi connectivity index (χ0v) is 12.4. The monoisotopic (exact) mass is 258 g/mol. The van der Waals surface area contributed by atoms with Crippen LogP contribution in [-0.4, -0.2) is 24.0 Å². The summed E-state index contributed by atoms with van der Waals surface area (Å²) in [5.74, 6) is 0. The van der Waals surface area contributed by atoms with Crippen LogP contribution in [0.25, 0.3) is 0 Å². The lowest BCUT2D eigenvalue weighted by Crippen LogP contribution is -2.43. The van der Waals surface area contributed by atoms with Gasteiger partial charge in [-0.3, -0.25) is 4.90 Å². The van der Waals surface area contributed by atoms with Crippen molar-refractivity contribution in [2.45, 2.75) is 45.7 Å². The summed E-state index contributed by atoms with van der Waals surface area (Å²) in [6.07, 6.45) is 4.52. The molecule has 1 aliphatic rings. The lowest BCUT2D eigenvalue weighted by molar-refractivity contribution is 0.181. The van der Waals surface area contributed by atoms with E-state index in [1.54, 1.807) is 0 Å². The molecule has 0 saturated heterocycles. The molecular weight excluding hydrogens is 232 g/mol. The number of aryl methyl sites for hydroxylation is 1. The Morgan fingerprint density at radius 3 is 2.58 bits per heavy atom. The largest absolute Gasteiger partial charge is 0.326 e. The molecule has 0 spiro atoms. The standard InChI is InChI=1S/C17H26N2/c1-4-16(18)17(15-8-6-5-7-14(15)3)19-11-9-13(2)10-12-19/h5-9,16-17H,4,10-12,18H2,1-3H3. The SMILES string of the molecule is CCC(N)C(c1ccccc1C)N1CC=C(C)CC1. The molecule has 0 saturated carbocycles. The molecule has 19 heavy (non-hydrogen) atoms. The summed E-state index contributed by atoms with van der Waals surface area (Å²) in [7, 11) is 0. The van der Waals surface area contributed by atoms with E-state index in [1.807, 2.05) is 0 Å². The van der Waals surface area contributed by atoms with Crippen molar-refractivity contribution in [3.05, 3.63) is 47.0 Å². The molecule has 2 N–H and O–H groups in total. The van der Waals surface area contributed by atoms with Gasteiger partial charge in [-0.2, -0.15) is 0 Å². The molecule has 2 nitrogen and oxygen atoms in total. The minimum absolute atomic E-state index is 0.202. The maximum atomic E-state index is 6.42. The Balaban J connectivity index is 2.29. The molecule has 2 rings (SSSR count). The number of nitrogens with two attached hydrogens (primary N) is 1. The summed E-state index contributed by atoms with van der Waals surface area (Å²) < 4.78 is 0. The summed E-state index contributed by atoms with van der Waals surface area (Å²) in [6, 6.07) is 9.20. The fraction of sp³-hybridized carbons (Fsp3) is 0.529. The van der Waals surface area contributed by atoms with Crippen LogP contribution in [0.15, 0.2) is 35.9 Å². The van der Waals surface area contributed by atoms with E-state index >= 15 is 0 Å². The lowest BCUT2D eigenvalue weighted by Gasteiger charge is -2.38. The second-order valence-corrected chi connectivity index (χ2v) is 5.67. The highest BCUT2D eigenvalue weighted by Crippen LogP contribution is 2.29. The summed E-state index contributed by atoms with van der Waals surface area (Å²) >= 11 is 0. The molecule has 0 fully saturated rings. The molecule has 0 bridgehead atoms. The van der Waals surface area contributed by atoms with E-state index in [9.17, 15) is 0 Å². The minimum atomic E-state index is 0.202. The smallest absolute Gasteiger partial charge is 0.0505 e. The number of nitrogens with zero attached hydrogens (tertiary/aromatic N) is 1. The van der Waals surface area contributed by atoms with Crippen LogP contribution in [0.2, 0.25) is 0 Å². The van der Waals surface area contributed by atoms with Crippen LogP contribution in [0.4, 0.5) is 0 Å². The first-order valence-electron chi connectivity index (χ1n) is 7.34. The molecule has 104 valence electrons. The number of benzene rings is 1. The number of hydrogen-bond donors (Lipinski definition) is 1. The lowest BCUT2D eigenvalue weighted by atomic mass is 9.91. The fourth-order valence-corrected chi connectivity index (χ4v) is 2.88. The van der Waals surface area contributed by atoms with Crippen molar-refractivity contribution in [1.82, 2.24) is 4.90 Å². The first kappa shape index (κ1) is 14.3. The van der Waals surface area contributed by atoms with E-state index in [0.717, 1.165) is 19.5 Å². The van der Waals surface area contributed by atoms with Crippen LogP contribution in [0.5, 0.6) is 0 Å². The van der Waals surface area contributed by atoms with Gasteiger partial charge in [0.2, 0.25) is 0 Å². The molecule has 0 radical (unpaired) electrons. The van der Waals surface area contributed by atoms with Crippen molar-refractivity contribution < 1.29 is 0 Å². The van der Waals surface area contributed by atoms with Gasteiger partial charge < -0.3 is 5.73 Å². The van der Waals surface area contributed by atoms with Crippen LogP contribution < -0.4 is 5.73 Å². The molecule has 0 aromatic heterocycles. The second-order valence-electron chi connectivity index (χ2n) is 5.67. The summed E-state index contributed by atoms with van der Waals surface area (Å²) in [5, 5.41) is 0. The second kappa shape index (κ2) is 6.36. The van der Waals surface area contributed by atoms with Gasteiger partial charge in [0.15, 0.2) is 0 Å². The van der Waals surface area contributed by atoms with E-state index in [0.29, 0.717) is 6.04 Å². The van der Waals surface area contributed by atoms with Gasteiger partial charge in [-0.25, -0.2) is 0 Å². The maximum Gasteiger partial charge on any atom is 0.0505 e. The highest BCUT2D eigenvalue weighted by atomic mass is 15.2. The third kappa shape index (κ3) is 3.26. The van der Waals surface area contributed by atoms with Gasteiger partial charge in [0.05, 0.1) is 6.04 Å². The Bertz CT molecular complexity index is 450. The average Bonchev–Trinajstić information content (AvgIpc) is 2.43. The average molecular weight is 258 g/mol. The summed E-state index contributed by atoms with van der Waals surface area (Å²) in [6.45, 7) is 8.74. The molecule has 1 aromatic rings. The molecule has 1 aliphatic heterocycles. The molecule has 1 heterocycles. The minimum Gasteiger partial charge on any atom is -0.326 e. The molecule has 0 amide bonds. The zero-order chi connectivity index (χ0) is 13.8. The Hall–Kier alpha value is -1.12. The third-order valence-electron chi connectivity index (χ3n) is 4.25. The molecule has 2 atom stereocenters. The van der Waals surface area contributed by atoms with Crippen LogP contribution >= 0.6 is 0 Å². The van der Waals surface area contributed by atoms with E-state index in [2.05, 4.69) is 56.0 Å². The Morgan fingerprint density at radius 1 is 1.26 bits per heavy atom. The van der Waals surface area contributed by atoms with Crippen LogP contribution in [-0.2, 0) is 0 Å². The quantitative estimate of drug-likeness (QED) is 0.838. The first-order chi connectivity index (χ1) is 9.13. The predicted octanol–water partition coefficient (Wildman–Crippen LogP) is 3.43. The predicted molar refractivity (Wildman–Crippen MR) is 82.1 cm³/mol.